The van der Waals surface area contributed by atoms with E-state index >= 15 is 0 Å². The largest absolute Gasteiger partial charge is 0.344 e. The molecule has 19 heavy (non-hydrogen) atoms. The molecule has 1 aliphatic rings. The predicted molar refractivity (Wildman–Crippen MR) is 83.7 cm³/mol. The lowest BCUT2D eigenvalue weighted by molar-refractivity contribution is -0.131. The van der Waals surface area contributed by atoms with E-state index in [2.05, 4.69) is 26.1 Å². The monoisotopic (exact) mass is 290 g/mol. The van der Waals surface area contributed by atoms with Crippen LogP contribution in [-0.2, 0) is 4.79 Å². The molecule has 2 unspecified atom stereocenters. The van der Waals surface area contributed by atoms with Crippen molar-refractivity contribution in [3.63, 3.8) is 0 Å². The van der Waals surface area contributed by atoms with Gasteiger partial charge in [0, 0.05) is 26.6 Å². The third kappa shape index (κ3) is 6.62. The maximum absolute atomic E-state index is 12.1. The van der Waals surface area contributed by atoms with Gasteiger partial charge in [-0.15, -0.1) is 12.4 Å². The van der Waals surface area contributed by atoms with Crippen LogP contribution in [0.1, 0.15) is 46.5 Å². The van der Waals surface area contributed by atoms with Crippen LogP contribution in [-0.4, -0.2) is 38.0 Å². The molecular weight excluding hydrogens is 260 g/mol. The molecule has 1 fully saturated rings. The van der Waals surface area contributed by atoms with E-state index in [4.69, 9.17) is 0 Å². The van der Waals surface area contributed by atoms with Crippen molar-refractivity contribution in [1.29, 1.82) is 0 Å². The smallest absolute Gasteiger partial charge is 0.222 e. The summed E-state index contributed by atoms with van der Waals surface area (Å²) >= 11 is 0. The Bertz CT molecular complexity index is 281. The van der Waals surface area contributed by atoms with Crippen molar-refractivity contribution in [2.24, 2.45) is 17.3 Å². The molecule has 3 nitrogen and oxygen atoms in total. The van der Waals surface area contributed by atoms with E-state index in [0.29, 0.717) is 17.2 Å². The standard InChI is InChI=1S/C15H30N2O.ClH/c1-12-8-13(11-15(2,3)10-12)9-14(18)17(5)7-6-16-4;/h12-13,16H,6-11H2,1-5H3;1H. The number of hydrogen-bond donors (Lipinski definition) is 1. The van der Waals surface area contributed by atoms with Crippen molar-refractivity contribution < 1.29 is 4.79 Å². The maximum Gasteiger partial charge on any atom is 0.222 e. The summed E-state index contributed by atoms with van der Waals surface area (Å²) in [7, 11) is 3.83. The maximum atomic E-state index is 12.1. The Morgan fingerprint density at radius 3 is 2.53 bits per heavy atom. The third-order valence-electron chi connectivity index (χ3n) is 4.06. The Hall–Kier alpha value is -0.280. The van der Waals surface area contributed by atoms with E-state index < -0.39 is 0 Å². The zero-order valence-corrected chi connectivity index (χ0v) is 14.0. The van der Waals surface area contributed by atoms with Crippen LogP contribution in [0.3, 0.4) is 0 Å². The molecule has 1 rings (SSSR count). The highest BCUT2D eigenvalue weighted by Crippen LogP contribution is 2.42. The van der Waals surface area contributed by atoms with Gasteiger partial charge < -0.3 is 10.2 Å². The van der Waals surface area contributed by atoms with Crippen LogP contribution < -0.4 is 5.32 Å². The van der Waals surface area contributed by atoms with Gasteiger partial charge in [0.25, 0.3) is 0 Å². The van der Waals surface area contributed by atoms with Gasteiger partial charge in [-0.3, -0.25) is 4.79 Å². The van der Waals surface area contributed by atoms with Crippen LogP contribution in [0, 0.1) is 17.3 Å². The fourth-order valence-electron chi connectivity index (χ4n) is 3.51. The summed E-state index contributed by atoms with van der Waals surface area (Å²) in [5.41, 5.74) is 0.409. The second-order valence-corrected chi connectivity index (χ2v) is 6.90. The molecule has 0 saturated heterocycles. The Labute approximate surface area is 124 Å². The molecule has 2 atom stereocenters. The van der Waals surface area contributed by atoms with E-state index in [9.17, 15) is 4.79 Å². The van der Waals surface area contributed by atoms with Gasteiger partial charge in [-0.1, -0.05) is 20.8 Å². The molecule has 0 aromatic rings. The second kappa shape index (κ2) is 8.11. The minimum atomic E-state index is 0. The Kier molecular flexibility index (Phi) is 7.99. The van der Waals surface area contributed by atoms with Crippen LogP contribution in [0.4, 0.5) is 0 Å². The highest BCUT2D eigenvalue weighted by Gasteiger charge is 2.33. The van der Waals surface area contributed by atoms with E-state index in [1.807, 2.05) is 19.0 Å². The SMILES string of the molecule is CNCCN(C)C(=O)CC1CC(C)CC(C)(C)C1.Cl. The number of likely N-dealkylation sites (N-methyl/N-ethyl adjacent to an activating group) is 2. The van der Waals surface area contributed by atoms with Crippen molar-refractivity contribution in [1.82, 2.24) is 10.2 Å². The number of nitrogens with one attached hydrogen (secondary N) is 1. The summed E-state index contributed by atoms with van der Waals surface area (Å²) in [6.07, 6.45) is 4.44. The highest BCUT2D eigenvalue weighted by molar-refractivity contribution is 5.85. The molecule has 0 radical (unpaired) electrons. The molecule has 0 aromatic heterocycles. The zero-order chi connectivity index (χ0) is 13.8. The van der Waals surface area contributed by atoms with E-state index in [1.165, 1.54) is 19.3 Å². The van der Waals surface area contributed by atoms with E-state index in [1.54, 1.807) is 0 Å². The molecule has 0 heterocycles. The number of carbonyl (C=O) groups is 1. The quantitative estimate of drug-likeness (QED) is 0.844. The minimum absolute atomic E-state index is 0. The number of nitrogens with zero attached hydrogens (tertiary/aromatic N) is 1. The predicted octanol–water partition coefficient (Wildman–Crippen LogP) is 2.94. The van der Waals surface area contributed by atoms with Crippen LogP contribution in [0.2, 0.25) is 0 Å². The van der Waals surface area contributed by atoms with Crippen molar-refractivity contribution in [2.45, 2.75) is 46.5 Å². The average Bonchev–Trinajstić information content (AvgIpc) is 2.22. The van der Waals surface area contributed by atoms with Gasteiger partial charge >= 0.3 is 0 Å². The van der Waals surface area contributed by atoms with Gasteiger partial charge in [0.15, 0.2) is 0 Å². The zero-order valence-electron chi connectivity index (χ0n) is 13.2. The van der Waals surface area contributed by atoms with Gasteiger partial charge in [0.1, 0.15) is 0 Å². The molecular formula is C15H31ClN2O. The number of carbonyl (C=O) groups excluding carboxylic acids is 1. The van der Waals surface area contributed by atoms with Gasteiger partial charge in [-0.2, -0.15) is 0 Å². The molecule has 0 bridgehead atoms. The Morgan fingerprint density at radius 1 is 1.37 bits per heavy atom. The van der Waals surface area contributed by atoms with Crippen LogP contribution in [0.15, 0.2) is 0 Å². The lowest BCUT2D eigenvalue weighted by atomic mass is 9.67. The van der Waals surface area contributed by atoms with E-state index in [0.717, 1.165) is 25.4 Å². The van der Waals surface area contributed by atoms with Crippen molar-refractivity contribution >= 4 is 18.3 Å². The summed E-state index contributed by atoms with van der Waals surface area (Å²) in [4.78, 5) is 14.0. The van der Waals surface area contributed by atoms with Gasteiger partial charge in [-0.05, 0) is 43.6 Å². The summed E-state index contributed by atoms with van der Waals surface area (Å²) in [6, 6.07) is 0. The molecule has 0 aromatic carbocycles. The minimum Gasteiger partial charge on any atom is -0.344 e. The fourth-order valence-corrected chi connectivity index (χ4v) is 3.51. The van der Waals surface area contributed by atoms with Crippen molar-refractivity contribution in [3.8, 4) is 0 Å². The molecule has 0 spiro atoms. The van der Waals surface area contributed by atoms with E-state index in [-0.39, 0.29) is 12.4 Å². The summed E-state index contributed by atoms with van der Waals surface area (Å²) in [5.74, 6) is 1.64. The van der Waals surface area contributed by atoms with Crippen LogP contribution in [0.25, 0.3) is 0 Å². The summed E-state index contributed by atoms with van der Waals surface area (Å²) in [6.45, 7) is 8.68. The number of rotatable bonds is 5. The highest BCUT2D eigenvalue weighted by atomic mass is 35.5. The number of amides is 1. The topological polar surface area (TPSA) is 32.3 Å². The molecule has 4 heteroatoms. The van der Waals surface area contributed by atoms with Gasteiger partial charge in [-0.25, -0.2) is 0 Å². The van der Waals surface area contributed by atoms with Crippen molar-refractivity contribution in [3.05, 3.63) is 0 Å². The fraction of sp³-hybridized carbons (Fsp3) is 0.933. The lowest BCUT2D eigenvalue weighted by Gasteiger charge is -2.39. The van der Waals surface area contributed by atoms with Crippen molar-refractivity contribution in [2.75, 3.05) is 27.2 Å². The Balaban J connectivity index is 0.00000324. The first-order chi connectivity index (χ1) is 8.34. The first kappa shape index (κ1) is 18.7. The molecule has 1 N–H and O–H groups in total. The summed E-state index contributed by atoms with van der Waals surface area (Å²) < 4.78 is 0. The summed E-state index contributed by atoms with van der Waals surface area (Å²) in [5, 5.41) is 3.08. The number of hydrogen-bond acceptors (Lipinski definition) is 2. The normalized spacial score (nSPS) is 25.5. The van der Waals surface area contributed by atoms with Crippen LogP contribution >= 0.6 is 12.4 Å². The molecule has 114 valence electrons. The second-order valence-electron chi connectivity index (χ2n) is 6.90. The third-order valence-corrected chi connectivity index (χ3v) is 4.06. The molecule has 1 saturated carbocycles. The average molecular weight is 291 g/mol. The first-order valence-corrected chi connectivity index (χ1v) is 7.22. The first-order valence-electron chi connectivity index (χ1n) is 7.22. The Morgan fingerprint density at radius 2 is 2.00 bits per heavy atom. The molecule has 1 amide bonds. The molecule has 0 aliphatic heterocycles. The molecule has 1 aliphatic carbocycles. The lowest BCUT2D eigenvalue weighted by Crippen LogP contribution is -2.36. The number of halogens is 1. The van der Waals surface area contributed by atoms with Gasteiger partial charge in [0.05, 0.1) is 0 Å². The van der Waals surface area contributed by atoms with Crippen LogP contribution in [0.5, 0.6) is 0 Å². The van der Waals surface area contributed by atoms with Gasteiger partial charge in [0.2, 0.25) is 5.91 Å².